The van der Waals surface area contributed by atoms with E-state index in [-0.39, 0.29) is 0 Å². The molecule has 1 unspecified atom stereocenters. The van der Waals surface area contributed by atoms with Crippen LogP contribution in [0.5, 0.6) is 0 Å². The van der Waals surface area contributed by atoms with Crippen molar-refractivity contribution in [2.75, 3.05) is 6.54 Å². The van der Waals surface area contributed by atoms with Gasteiger partial charge in [-0.15, -0.1) is 0 Å². The van der Waals surface area contributed by atoms with Crippen molar-refractivity contribution in [3.05, 3.63) is 71.8 Å². The van der Waals surface area contributed by atoms with Gasteiger partial charge in [-0.3, -0.25) is 0 Å². The highest BCUT2D eigenvalue weighted by molar-refractivity contribution is 5.31. The number of hydrogen-bond donors (Lipinski definition) is 1. The Morgan fingerprint density at radius 2 is 1.52 bits per heavy atom. The van der Waals surface area contributed by atoms with Crippen molar-refractivity contribution in [2.45, 2.75) is 56.9 Å². The number of benzene rings is 2. The molecule has 1 aliphatic rings. The SMILES string of the molecule is CCCNC(Cc1ccccc1)C1(c2ccccc2)CCCC1. The van der Waals surface area contributed by atoms with Gasteiger partial charge in [0.1, 0.15) is 0 Å². The van der Waals surface area contributed by atoms with Crippen LogP contribution < -0.4 is 5.32 Å². The first-order valence-corrected chi connectivity index (χ1v) is 9.18. The lowest BCUT2D eigenvalue weighted by molar-refractivity contribution is 0.293. The van der Waals surface area contributed by atoms with Crippen molar-refractivity contribution in [3.63, 3.8) is 0 Å². The molecular weight excluding hydrogens is 278 g/mol. The fourth-order valence-electron chi connectivity index (χ4n) is 4.25. The molecule has 0 aromatic heterocycles. The molecule has 1 aliphatic carbocycles. The summed E-state index contributed by atoms with van der Waals surface area (Å²) in [5.74, 6) is 0. The predicted octanol–water partition coefficient (Wildman–Crippen LogP) is 5.11. The highest BCUT2D eigenvalue weighted by Gasteiger charge is 2.42. The lowest BCUT2D eigenvalue weighted by atomic mass is 9.70. The van der Waals surface area contributed by atoms with Gasteiger partial charge in [0.25, 0.3) is 0 Å². The molecule has 1 N–H and O–H groups in total. The summed E-state index contributed by atoms with van der Waals surface area (Å²) >= 11 is 0. The summed E-state index contributed by atoms with van der Waals surface area (Å²) in [6.07, 6.45) is 7.64. The Bertz CT molecular complexity index is 569. The molecule has 1 atom stereocenters. The van der Waals surface area contributed by atoms with E-state index in [0.29, 0.717) is 11.5 Å². The minimum absolute atomic E-state index is 0.298. The number of nitrogens with one attached hydrogen (secondary N) is 1. The molecule has 0 bridgehead atoms. The largest absolute Gasteiger partial charge is 0.313 e. The van der Waals surface area contributed by atoms with Crippen molar-refractivity contribution in [1.82, 2.24) is 5.32 Å². The lowest BCUT2D eigenvalue weighted by Gasteiger charge is -2.39. The van der Waals surface area contributed by atoms with Crippen LogP contribution in [0.2, 0.25) is 0 Å². The van der Waals surface area contributed by atoms with Gasteiger partial charge in [0.15, 0.2) is 0 Å². The average molecular weight is 307 g/mol. The van der Waals surface area contributed by atoms with E-state index in [1.165, 1.54) is 43.2 Å². The standard InChI is InChI=1S/C22H29N/c1-2-17-23-21(18-19-11-5-3-6-12-19)22(15-9-10-16-22)20-13-7-4-8-14-20/h3-8,11-14,21,23H,2,9-10,15-18H2,1H3. The zero-order valence-electron chi connectivity index (χ0n) is 14.3. The van der Waals surface area contributed by atoms with Crippen LogP contribution in [0, 0.1) is 0 Å². The Labute approximate surface area is 141 Å². The summed E-state index contributed by atoms with van der Waals surface area (Å²) in [4.78, 5) is 0. The molecule has 0 radical (unpaired) electrons. The predicted molar refractivity (Wildman–Crippen MR) is 98.8 cm³/mol. The van der Waals surface area contributed by atoms with Crippen LogP contribution in [0.25, 0.3) is 0 Å². The summed E-state index contributed by atoms with van der Waals surface area (Å²) in [6.45, 7) is 3.36. The Balaban J connectivity index is 1.91. The van der Waals surface area contributed by atoms with Crippen LogP contribution in [0.1, 0.15) is 50.2 Å². The maximum atomic E-state index is 3.90. The second-order valence-electron chi connectivity index (χ2n) is 6.93. The maximum Gasteiger partial charge on any atom is 0.0204 e. The molecule has 0 heterocycles. The van der Waals surface area contributed by atoms with Crippen LogP contribution in [-0.4, -0.2) is 12.6 Å². The smallest absolute Gasteiger partial charge is 0.0204 e. The van der Waals surface area contributed by atoms with Gasteiger partial charge in [0.05, 0.1) is 0 Å². The Kier molecular flexibility index (Phi) is 5.51. The molecule has 1 heteroatoms. The van der Waals surface area contributed by atoms with Crippen LogP contribution >= 0.6 is 0 Å². The van der Waals surface area contributed by atoms with Crippen LogP contribution in [0.4, 0.5) is 0 Å². The second kappa shape index (κ2) is 7.79. The van der Waals surface area contributed by atoms with Crippen LogP contribution in [0.15, 0.2) is 60.7 Å². The van der Waals surface area contributed by atoms with E-state index in [9.17, 15) is 0 Å². The first kappa shape index (κ1) is 16.3. The summed E-state index contributed by atoms with van der Waals surface area (Å²) < 4.78 is 0. The lowest BCUT2D eigenvalue weighted by Crippen LogP contribution is -2.48. The van der Waals surface area contributed by atoms with Gasteiger partial charge < -0.3 is 5.32 Å². The zero-order valence-corrected chi connectivity index (χ0v) is 14.3. The van der Waals surface area contributed by atoms with Gasteiger partial charge in [0.2, 0.25) is 0 Å². The van der Waals surface area contributed by atoms with E-state index < -0.39 is 0 Å². The Morgan fingerprint density at radius 3 is 2.13 bits per heavy atom. The van der Waals surface area contributed by atoms with Gasteiger partial charge in [-0.1, -0.05) is 80.4 Å². The number of rotatable bonds is 7. The van der Waals surface area contributed by atoms with Crippen molar-refractivity contribution < 1.29 is 0 Å². The summed E-state index contributed by atoms with van der Waals surface area (Å²) in [5, 5.41) is 3.90. The topological polar surface area (TPSA) is 12.0 Å². The third kappa shape index (κ3) is 3.67. The minimum atomic E-state index is 0.298. The zero-order chi connectivity index (χ0) is 16.0. The fraction of sp³-hybridized carbons (Fsp3) is 0.455. The Morgan fingerprint density at radius 1 is 0.913 bits per heavy atom. The molecule has 3 rings (SSSR count). The first-order chi connectivity index (χ1) is 11.3. The molecule has 2 aromatic rings. The van der Waals surface area contributed by atoms with E-state index in [1.807, 2.05) is 0 Å². The van der Waals surface area contributed by atoms with E-state index in [0.717, 1.165) is 13.0 Å². The van der Waals surface area contributed by atoms with Crippen LogP contribution in [-0.2, 0) is 11.8 Å². The molecule has 0 spiro atoms. The van der Waals surface area contributed by atoms with Gasteiger partial charge in [-0.05, 0) is 43.4 Å². The van der Waals surface area contributed by atoms with Crippen molar-refractivity contribution in [3.8, 4) is 0 Å². The van der Waals surface area contributed by atoms with Gasteiger partial charge >= 0.3 is 0 Å². The molecule has 0 aliphatic heterocycles. The van der Waals surface area contributed by atoms with Gasteiger partial charge in [-0.25, -0.2) is 0 Å². The number of hydrogen-bond acceptors (Lipinski definition) is 1. The van der Waals surface area contributed by atoms with Crippen molar-refractivity contribution in [2.24, 2.45) is 0 Å². The van der Waals surface area contributed by atoms with E-state index in [1.54, 1.807) is 0 Å². The molecular formula is C22H29N. The average Bonchev–Trinajstić information content (AvgIpc) is 3.11. The Hall–Kier alpha value is -1.60. The van der Waals surface area contributed by atoms with Crippen molar-refractivity contribution >= 4 is 0 Å². The minimum Gasteiger partial charge on any atom is -0.313 e. The third-order valence-corrected chi connectivity index (χ3v) is 5.43. The second-order valence-corrected chi connectivity index (χ2v) is 6.93. The summed E-state index contributed by atoms with van der Waals surface area (Å²) in [5.41, 5.74) is 3.28. The molecule has 1 fully saturated rings. The fourth-order valence-corrected chi connectivity index (χ4v) is 4.25. The highest BCUT2D eigenvalue weighted by atomic mass is 14.9. The van der Waals surface area contributed by atoms with E-state index in [4.69, 9.17) is 0 Å². The summed E-state index contributed by atoms with van der Waals surface area (Å²) in [7, 11) is 0. The maximum absolute atomic E-state index is 3.90. The van der Waals surface area contributed by atoms with E-state index in [2.05, 4.69) is 72.9 Å². The van der Waals surface area contributed by atoms with Crippen molar-refractivity contribution in [1.29, 1.82) is 0 Å². The molecule has 1 nitrogen and oxygen atoms in total. The quantitative estimate of drug-likeness (QED) is 0.749. The normalized spacial score (nSPS) is 18.0. The molecule has 122 valence electrons. The molecule has 2 aromatic carbocycles. The first-order valence-electron chi connectivity index (χ1n) is 9.18. The molecule has 0 amide bonds. The van der Waals surface area contributed by atoms with Gasteiger partial charge in [0, 0.05) is 11.5 Å². The van der Waals surface area contributed by atoms with Crippen LogP contribution in [0.3, 0.4) is 0 Å². The molecule has 23 heavy (non-hydrogen) atoms. The molecule has 1 saturated carbocycles. The van der Waals surface area contributed by atoms with Gasteiger partial charge in [-0.2, -0.15) is 0 Å². The highest BCUT2D eigenvalue weighted by Crippen LogP contribution is 2.44. The monoisotopic (exact) mass is 307 g/mol. The third-order valence-electron chi connectivity index (χ3n) is 5.43. The molecule has 0 saturated heterocycles. The van der Waals surface area contributed by atoms with E-state index >= 15 is 0 Å². The summed E-state index contributed by atoms with van der Waals surface area (Å²) in [6, 6.07) is 22.7.